The second-order valence-electron chi connectivity index (χ2n) is 5.11. The van der Waals surface area contributed by atoms with Crippen LogP contribution in [-0.4, -0.2) is 10.1 Å². The molecule has 0 aliphatic rings. The van der Waals surface area contributed by atoms with E-state index in [-0.39, 0.29) is 5.75 Å². The van der Waals surface area contributed by atoms with Gasteiger partial charge in [-0.3, -0.25) is 4.98 Å². The van der Waals surface area contributed by atoms with Gasteiger partial charge >= 0.3 is 0 Å². The summed E-state index contributed by atoms with van der Waals surface area (Å²) in [4.78, 5) is 4.26. The van der Waals surface area contributed by atoms with Crippen LogP contribution in [0, 0.1) is 0 Å². The maximum atomic E-state index is 10.4. The molecule has 2 heteroatoms. The van der Waals surface area contributed by atoms with Gasteiger partial charge in [0.1, 0.15) is 11.3 Å². The van der Waals surface area contributed by atoms with E-state index >= 15 is 0 Å². The van der Waals surface area contributed by atoms with Crippen LogP contribution in [0.2, 0.25) is 0 Å². The van der Waals surface area contributed by atoms with Crippen molar-refractivity contribution in [1.29, 1.82) is 0 Å². The van der Waals surface area contributed by atoms with E-state index in [2.05, 4.69) is 23.2 Å². The second kappa shape index (κ2) is 5.80. The summed E-state index contributed by atoms with van der Waals surface area (Å²) in [6.45, 7) is 2.02. The Balaban J connectivity index is 1.94. The molecule has 0 saturated carbocycles. The smallest absolute Gasteiger partial charge is 0.149 e. The summed E-state index contributed by atoms with van der Waals surface area (Å²) in [7, 11) is 0. The van der Waals surface area contributed by atoms with Crippen molar-refractivity contribution in [2.24, 2.45) is 0 Å². The van der Waals surface area contributed by atoms with Crippen molar-refractivity contribution in [1.82, 2.24) is 4.98 Å². The first-order valence-corrected chi connectivity index (χ1v) is 7.03. The van der Waals surface area contributed by atoms with Crippen molar-refractivity contribution < 1.29 is 5.11 Å². The summed E-state index contributed by atoms with van der Waals surface area (Å²) in [5.41, 5.74) is 3.82. The largest absolute Gasteiger partial charge is 0.505 e. The third-order valence-corrected chi connectivity index (χ3v) is 3.66. The summed E-state index contributed by atoms with van der Waals surface area (Å²) in [5, 5.41) is 11.4. The number of phenolic OH excluding ortho intramolecular Hbond substituents is 1. The number of allylic oxidation sites excluding steroid dienone is 2. The summed E-state index contributed by atoms with van der Waals surface area (Å²) in [6.07, 6.45) is 4.69. The topological polar surface area (TPSA) is 33.1 Å². The van der Waals surface area contributed by atoms with Crippen molar-refractivity contribution in [3.63, 3.8) is 0 Å². The van der Waals surface area contributed by atoms with Gasteiger partial charge in [-0.25, -0.2) is 0 Å². The Morgan fingerprint density at radius 3 is 2.67 bits per heavy atom. The molecule has 0 spiro atoms. The molecule has 0 amide bonds. The molecular weight excluding hydrogens is 258 g/mol. The van der Waals surface area contributed by atoms with Crippen LogP contribution in [0.5, 0.6) is 5.75 Å². The van der Waals surface area contributed by atoms with E-state index in [0.29, 0.717) is 5.52 Å². The van der Waals surface area contributed by atoms with Gasteiger partial charge in [0.2, 0.25) is 0 Å². The molecule has 104 valence electrons. The maximum absolute atomic E-state index is 10.4. The molecule has 2 nitrogen and oxygen atoms in total. The van der Waals surface area contributed by atoms with Gasteiger partial charge in [-0.15, -0.1) is 0 Å². The zero-order chi connectivity index (χ0) is 14.7. The van der Waals surface area contributed by atoms with E-state index in [0.717, 1.165) is 22.9 Å². The molecule has 1 N–H and O–H groups in total. The highest BCUT2D eigenvalue weighted by atomic mass is 16.3. The molecule has 0 saturated heterocycles. The first-order valence-electron chi connectivity index (χ1n) is 7.03. The van der Waals surface area contributed by atoms with Crippen LogP contribution in [0.4, 0.5) is 0 Å². The minimum absolute atomic E-state index is 0.259. The van der Waals surface area contributed by atoms with Gasteiger partial charge in [-0.05, 0) is 30.5 Å². The monoisotopic (exact) mass is 275 g/mol. The van der Waals surface area contributed by atoms with Gasteiger partial charge in [0.25, 0.3) is 0 Å². The van der Waals surface area contributed by atoms with E-state index < -0.39 is 0 Å². The van der Waals surface area contributed by atoms with Gasteiger partial charge < -0.3 is 5.11 Å². The molecule has 0 unspecified atom stereocenters. The molecule has 21 heavy (non-hydrogen) atoms. The number of phenols is 1. The van der Waals surface area contributed by atoms with E-state index in [1.165, 1.54) is 5.56 Å². The average molecular weight is 275 g/mol. The summed E-state index contributed by atoms with van der Waals surface area (Å²) in [5.74, 6) is 0.259. The van der Waals surface area contributed by atoms with Crippen molar-refractivity contribution >= 4 is 16.5 Å². The molecule has 1 aromatic heterocycles. The number of aromatic nitrogens is 1. The minimum atomic E-state index is 0.259. The quantitative estimate of drug-likeness (QED) is 0.758. The van der Waals surface area contributed by atoms with E-state index in [4.69, 9.17) is 0 Å². The molecule has 1 heterocycles. The van der Waals surface area contributed by atoms with E-state index in [9.17, 15) is 5.11 Å². The molecule has 0 atom stereocenters. The lowest BCUT2D eigenvalue weighted by Crippen LogP contribution is -1.87. The number of aromatic hydroxyl groups is 1. The fraction of sp³-hybridized carbons (Fsp3) is 0.105. The number of benzene rings is 2. The summed E-state index contributed by atoms with van der Waals surface area (Å²) < 4.78 is 0. The molecule has 3 aromatic rings. The van der Waals surface area contributed by atoms with Crippen LogP contribution in [-0.2, 0) is 6.42 Å². The van der Waals surface area contributed by atoms with Crippen LogP contribution in [0.25, 0.3) is 16.5 Å². The van der Waals surface area contributed by atoms with Gasteiger partial charge in [0.15, 0.2) is 0 Å². The molecule has 3 rings (SSSR count). The Hall–Kier alpha value is -2.61. The minimum Gasteiger partial charge on any atom is -0.505 e. The number of hydrogen-bond acceptors (Lipinski definition) is 2. The van der Waals surface area contributed by atoms with Gasteiger partial charge in [-0.1, -0.05) is 54.6 Å². The molecule has 0 fully saturated rings. The average Bonchev–Trinajstić information content (AvgIpc) is 2.54. The lowest BCUT2D eigenvalue weighted by atomic mass is 10.0. The molecular formula is C19H17NO. The normalized spacial score (nSPS) is 11.8. The first-order chi connectivity index (χ1) is 10.3. The Kier molecular flexibility index (Phi) is 3.69. The third-order valence-electron chi connectivity index (χ3n) is 3.66. The fourth-order valence-corrected chi connectivity index (χ4v) is 2.44. The Labute approximate surface area is 124 Å². The molecule has 0 radical (unpaired) electrons. The number of fused-ring (bicyclic) bond motifs is 1. The van der Waals surface area contributed by atoms with Crippen LogP contribution in [0.3, 0.4) is 0 Å². The van der Waals surface area contributed by atoms with Gasteiger partial charge in [-0.2, -0.15) is 0 Å². The summed E-state index contributed by atoms with van der Waals surface area (Å²) in [6, 6.07) is 18.1. The Morgan fingerprint density at radius 1 is 1.05 bits per heavy atom. The first kappa shape index (κ1) is 13.4. The standard InChI is InChI=1S/C19H17NO/c1-14(9-10-15-6-3-2-4-7-15)17-12-11-16-8-5-13-20-18(16)19(17)21/h2-9,11-13,21H,10H2,1H3/b14-9+. The van der Waals surface area contributed by atoms with Crippen LogP contribution >= 0.6 is 0 Å². The number of nitrogens with zero attached hydrogens (tertiary/aromatic N) is 1. The number of rotatable bonds is 3. The molecule has 2 aromatic carbocycles. The second-order valence-corrected chi connectivity index (χ2v) is 5.11. The molecule has 0 aliphatic heterocycles. The zero-order valence-electron chi connectivity index (χ0n) is 12.0. The van der Waals surface area contributed by atoms with Crippen molar-refractivity contribution in [2.45, 2.75) is 13.3 Å². The van der Waals surface area contributed by atoms with Crippen molar-refractivity contribution in [3.05, 3.63) is 78.0 Å². The number of pyridine rings is 1. The highest BCUT2D eigenvalue weighted by molar-refractivity contribution is 5.89. The highest BCUT2D eigenvalue weighted by Gasteiger charge is 2.08. The predicted octanol–water partition coefficient (Wildman–Crippen LogP) is 4.59. The predicted molar refractivity (Wildman–Crippen MR) is 87.2 cm³/mol. The van der Waals surface area contributed by atoms with Crippen molar-refractivity contribution in [3.8, 4) is 5.75 Å². The summed E-state index contributed by atoms with van der Waals surface area (Å²) >= 11 is 0. The van der Waals surface area contributed by atoms with E-state index in [1.54, 1.807) is 6.20 Å². The lowest BCUT2D eigenvalue weighted by molar-refractivity contribution is 0.478. The third kappa shape index (κ3) is 2.79. The van der Waals surface area contributed by atoms with Crippen molar-refractivity contribution in [2.75, 3.05) is 0 Å². The lowest BCUT2D eigenvalue weighted by Gasteiger charge is -2.08. The van der Waals surface area contributed by atoms with Crippen LogP contribution < -0.4 is 0 Å². The number of hydrogen-bond donors (Lipinski definition) is 1. The maximum Gasteiger partial charge on any atom is 0.149 e. The van der Waals surface area contributed by atoms with Crippen LogP contribution in [0.15, 0.2) is 66.9 Å². The van der Waals surface area contributed by atoms with Gasteiger partial charge in [0, 0.05) is 17.1 Å². The van der Waals surface area contributed by atoms with E-state index in [1.807, 2.05) is 49.4 Å². The SMILES string of the molecule is C/C(=C\Cc1ccccc1)c1ccc2cccnc2c1O. The van der Waals surface area contributed by atoms with Gasteiger partial charge in [0.05, 0.1) is 0 Å². The molecule has 0 bridgehead atoms. The van der Waals surface area contributed by atoms with Crippen LogP contribution in [0.1, 0.15) is 18.1 Å². The highest BCUT2D eigenvalue weighted by Crippen LogP contribution is 2.31. The Bertz CT molecular complexity index is 791. The zero-order valence-corrected chi connectivity index (χ0v) is 12.0. The Morgan fingerprint density at radius 2 is 1.86 bits per heavy atom. The fourth-order valence-electron chi connectivity index (χ4n) is 2.44. The molecule has 0 aliphatic carbocycles.